The van der Waals surface area contributed by atoms with E-state index in [4.69, 9.17) is 5.11 Å². The van der Waals surface area contributed by atoms with Crippen LogP contribution in [-0.4, -0.2) is 24.3 Å². The molecule has 0 aromatic rings. The molecule has 0 heterocycles. The third-order valence-electron chi connectivity index (χ3n) is 0.843. The highest BCUT2D eigenvalue weighted by Gasteiger charge is 1.93. The Balaban J connectivity index is 3.03. The number of hydrogen-bond acceptors (Lipinski definition) is 3. The van der Waals surface area contributed by atoms with E-state index in [1.165, 1.54) is 0 Å². The van der Waals surface area contributed by atoms with Crippen molar-refractivity contribution in [3.63, 3.8) is 0 Å². The van der Waals surface area contributed by atoms with Crippen LogP contribution in [0.25, 0.3) is 0 Å². The quantitative estimate of drug-likeness (QED) is 0.342. The highest BCUT2D eigenvalue weighted by molar-refractivity contribution is 5.81. The summed E-state index contributed by atoms with van der Waals surface area (Å²) in [6, 6.07) is 0. The standard InChI is InChI=1S/C7H11O3/c1-2-7(9)10-6-4-3-5-8/h2,4,8H,1,3,5-6H2. The van der Waals surface area contributed by atoms with E-state index in [0.717, 1.165) is 6.08 Å². The molecule has 0 aliphatic rings. The summed E-state index contributed by atoms with van der Waals surface area (Å²) < 4.78 is 4.57. The van der Waals surface area contributed by atoms with Gasteiger partial charge in [0.2, 0.25) is 0 Å². The molecule has 57 valence electrons. The van der Waals surface area contributed by atoms with E-state index in [1.807, 2.05) is 0 Å². The van der Waals surface area contributed by atoms with Crippen molar-refractivity contribution in [2.45, 2.75) is 6.42 Å². The van der Waals surface area contributed by atoms with Crippen LogP contribution < -0.4 is 0 Å². The minimum Gasteiger partial charge on any atom is -0.462 e. The number of esters is 1. The zero-order valence-electron chi connectivity index (χ0n) is 5.75. The Morgan fingerprint density at radius 1 is 1.70 bits per heavy atom. The van der Waals surface area contributed by atoms with Crippen LogP contribution in [0.4, 0.5) is 0 Å². The summed E-state index contributed by atoms with van der Waals surface area (Å²) in [5.74, 6) is -0.436. The lowest BCUT2D eigenvalue weighted by Crippen LogP contribution is -2.02. The summed E-state index contributed by atoms with van der Waals surface area (Å²) in [6.07, 6.45) is 3.33. The van der Waals surface area contributed by atoms with E-state index in [9.17, 15) is 4.79 Å². The number of ether oxygens (including phenoxy) is 1. The van der Waals surface area contributed by atoms with Crippen molar-refractivity contribution in [1.29, 1.82) is 0 Å². The molecule has 0 bridgehead atoms. The number of rotatable bonds is 5. The van der Waals surface area contributed by atoms with Crippen LogP contribution in [0.1, 0.15) is 6.42 Å². The Labute approximate surface area is 60.3 Å². The fourth-order valence-corrected chi connectivity index (χ4v) is 0.375. The van der Waals surface area contributed by atoms with Crippen LogP contribution in [-0.2, 0) is 9.53 Å². The molecule has 3 heteroatoms. The summed E-state index contributed by atoms with van der Waals surface area (Å²) >= 11 is 0. The first kappa shape index (κ1) is 9.17. The second-order valence-corrected chi connectivity index (χ2v) is 1.64. The highest BCUT2D eigenvalue weighted by atomic mass is 16.5. The lowest BCUT2D eigenvalue weighted by Gasteiger charge is -1.98. The molecule has 1 N–H and O–H groups in total. The Morgan fingerprint density at radius 3 is 2.90 bits per heavy atom. The number of carbonyl (C=O) groups excluding carboxylic acids is 1. The minimum absolute atomic E-state index is 0.0889. The molecule has 1 radical (unpaired) electrons. The summed E-state index contributed by atoms with van der Waals surface area (Å²) in [6.45, 7) is 3.55. The molecule has 0 saturated carbocycles. The second-order valence-electron chi connectivity index (χ2n) is 1.64. The average Bonchev–Trinajstić information content (AvgIpc) is 1.98. The van der Waals surface area contributed by atoms with Gasteiger partial charge in [0.05, 0.1) is 6.61 Å². The predicted molar refractivity (Wildman–Crippen MR) is 37.2 cm³/mol. The smallest absolute Gasteiger partial charge is 0.330 e. The normalized spacial score (nSPS) is 8.90. The van der Waals surface area contributed by atoms with Crippen molar-refractivity contribution >= 4 is 5.97 Å². The van der Waals surface area contributed by atoms with Crippen molar-refractivity contribution in [1.82, 2.24) is 0 Å². The number of unbranched alkanes of at least 4 members (excludes halogenated alkanes) is 1. The first-order chi connectivity index (χ1) is 4.81. The van der Waals surface area contributed by atoms with Crippen molar-refractivity contribution in [2.24, 2.45) is 0 Å². The van der Waals surface area contributed by atoms with Crippen LogP contribution in [0.15, 0.2) is 12.7 Å². The average molecular weight is 143 g/mol. The number of carbonyl (C=O) groups is 1. The maximum Gasteiger partial charge on any atom is 0.330 e. The van der Waals surface area contributed by atoms with Crippen LogP contribution in [0.2, 0.25) is 0 Å². The molecule has 0 saturated heterocycles. The zero-order valence-corrected chi connectivity index (χ0v) is 5.75. The van der Waals surface area contributed by atoms with Gasteiger partial charge in [0.1, 0.15) is 0 Å². The molecule has 0 fully saturated rings. The van der Waals surface area contributed by atoms with Gasteiger partial charge in [-0.15, -0.1) is 0 Å². The van der Waals surface area contributed by atoms with Gasteiger partial charge in [-0.2, -0.15) is 0 Å². The Kier molecular flexibility index (Phi) is 5.77. The van der Waals surface area contributed by atoms with Crippen LogP contribution in [0, 0.1) is 6.42 Å². The maximum atomic E-state index is 10.4. The summed E-state index contributed by atoms with van der Waals surface area (Å²) in [7, 11) is 0. The van der Waals surface area contributed by atoms with E-state index in [-0.39, 0.29) is 13.2 Å². The molecule has 0 unspecified atom stereocenters. The van der Waals surface area contributed by atoms with E-state index in [0.29, 0.717) is 6.42 Å². The molecule has 0 aromatic carbocycles. The summed E-state index contributed by atoms with van der Waals surface area (Å²) in [5.41, 5.74) is 0. The van der Waals surface area contributed by atoms with E-state index >= 15 is 0 Å². The maximum absolute atomic E-state index is 10.4. The van der Waals surface area contributed by atoms with Gasteiger partial charge in [-0.05, 0) is 6.42 Å². The Morgan fingerprint density at radius 2 is 2.40 bits per heavy atom. The van der Waals surface area contributed by atoms with Gasteiger partial charge in [0, 0.05) is 19.1 Å². The van der Waals surface area contributed by atoms with Crippen LogP contribution >= 0.6 is 0 Å². The highest BCUT2D eigenvalue weighted by Crippen LogP contribution is 1.87. The van der Waals surface area contributed by atoms with Gasteiger partial charge in [-0.1, -0.05) is 6.58 Å². The molecule has 0 amide bonds. The fourth-order valence-electron chi connectivity index (χ4n) is 0.375. The van der Waals surface area contributed by atoms with E-state index in [1.54, 1.807) is 6.42 Å². The Bertz CT molecular complexity index is 109. The number of aliphatic hydroxyl groups excluding tert-OH is 1. The van der Waals surface area contributed by atoms with Crippen LogP contribution in [0.5, 0.6) is 0 Å². The van der Waals surface area contributed by atoms with E-state index in [2.05, 4.69) is 11.3 Å². The van der Waals surface area contributed by atoms with Crippen molar-refractivity contribution in [2.75, 3.05) is 13.2 Å². The molecule has 0 aliphatic heterocycles. The Hall–Kier alpha value is -0.830. The molecule has 10 heavy (non-hydrogen) atoms. The molecule has 0 rings (SSSR count). The van der Waals surface area contributed by atoms with Crippen molar-refractivity contribution in [3.8, 4) is 0 Å². The SMILES string of the molecule is C=CC(=O)OC[CH]CCO. The lowest BCUT2D eigenvalue weighted by atomic mass is 10.3. The second kappa shape index (κ2) is 6.29. The largest absolute Gasteiger partial charge is 0.462 e. The minimum atomic E-state index is -0.436. The van der Waals surface area contributed by atoms with Crippen molar-refractivity contribution < 1.29 is 14.6 Å². The molecular formula is C7H11O3. The molecule has 3 nitrogen and oxygen atoms in total. The van der Waals surface area contributed by atoms with Gasteiger partial charge in [-0.3, -0.25) is 0 Å². The third-order valence-corrected chi connectivity index (χ3v) is 0.843. The molecule has 0 spiro atoms. The van der Waals surface area contributed by atoms with Gasteiger partial charge in [-0.25, -0.2) is 4.79 Å². The molecular weight excluding hydrogens is 132 g/mol. The summed E-state index contributed by atoms with van der Waals surface area (Å²) in [4.78, 5) is 10.4. The van der Waals surface area contributed by atoms with Gasteiger partial charge in [0.25, 0.3) is 0 Å². The fraction of sp³-hybridized carbons (Fsp3) is 0.429. The van der Waals surface area contributed by atoms with E-state index < -0.39 is 5.97 Å². The topological polar surface area (TPSA) is 46.5 Å². The molecule has 0 aliphatic carbocycles. The predicted octanol–water partition coefficient (Wildman–Crippen LogP) is 0.302. The monoisotopic (exact) mass is 143 g/mol. The lowest BCUT2D eigenvalue weighted by molar-refractivity contribution is -0.136. The van der Waals surface area contributed by atoms with Gasteiger partial charge < -0.3 is 9.84 Å². The van der Waals surface area contributed by atoms with Crippen molar-refractivity contribution in [3.05, 3.63) is 19.1 Å². The molecule has 0 aromatic heterocycles. The first-order valence-electron chi connectivity index (χ1n) is 3.03. The number of hydrogen-bond donors (Lipinski definition) is 1. The summed E-state index contributed by atoms with van der Waals surface area (Å²) in [5, 5.41) is 8.30. The first-order valence-corrected chi connectivity index (χ1v) is 3.03. The van der Waals surface area contributed by atoms with Gasteiger partial charge in [0.15, 0.2) is 0 Å². The van der Waals surface area contributed by atoms with Crippen LogP contribution in [0.3, 0.4) is 0 Å². The third kappa shape index (κ3) is 5.31. The zero-order chi connectivity index (χ0) is 7.82. The van der Waals surface area contributed by atoms with Gasteiger partial charge >= 0.3 is 5.97 Å². The molecule has 0 atom stereocenters. The number of aliphatic hydroxyl groups is 1.